The fourth-order valence-corrected chi connectivity index (χ4v) is 1.68. The van der Waals surface area contributed by atoms with Crippen molar-refractivity contribution in [2.24, 2.45) is 22.9 Å². The van der Waals surface area contributed by atoms with Crippen LogP contribution >= 0.6 is 0 Å². The van der Waals surface area contributed by atoms with Crippen LogP contribution in [-0.2, 0) is 28.7 Å². The largest absolute Gasteiger partial charge is 0.392 e. The molecule has 0 aliphatic rings. The second kappa shape index (κ2) is 12.5. The Morgan fingerprint density at radius 1 is 0.840 bits per heavy atom. The van der Waals surface area contributed by atoms with Crippen molar-refractivity contribution in [2.75, 3.05) is 6.54 Å². The topological polar surface area (TPSA) is 191 Å². The number of rotatable bonds is 11. The van der Waals surface area contributed by atoms with Crippen LogP contribution in [0.5, 0.6) is 0 Å². The molecule has 0 saturated heterocycles. The molecule has 0 aliphatic carbocycles. The molecule has 0 aromatic heterocycles. The molecule has 0 radical (unpaired) electrons. The molecule has 0 aromatic carbocycles. The van der Waals surface area contributed by atoms with Crippen LogP contribution in [-0.4, -0.2) is 48.5 Å². The van der Waals surface area contributed by atoms with Crippen LogP contribution < -0.4 is 22.9 Å². The first-order chi connectivity index (χ1) is 11.7. The molecular weight excluding hydrogens is 332 g/mol. The van der Waals surface area contributed by atoms with Gasteiger partial charge in [-0.2, -0.15) is 0 Å². The Labute approximate surface area is 146 Å². The second-order valence-corrected chi connectivity index (χ2v) is 5.63. The van der Waals surface area contributed by atoms with E-state index in [4.69, 9.17) is 22.9 Å². The number of carbonyl (C=O) groups is 4. The molecule has 0 aliphatic heterocycles. The summed E-state index contributed by atoms with van der Waals surface area (Å²) in [4.78, 5) is 45.9. The van der Waals surface area contributed by atoms with E-state index < -0.39 is 36.0 Å². The molecule has 0 aromatic rings. The zero-order valence-electron chi connectivity index (χ0n) is 14.4. The lowest BCUT2D eigenvalue weighted by molar-refractivity contribution is -0.160. The van der Waals surface area contributed by atoms with Gasteiger partial charge in [0.15, 0.2) is 0 Å². The third-order valence-electron chi connectivity index (χ3n) is 3.43. The molecule has 0 heterocycles. The highest BCUT2D eigenvalue weighted by atomic mass is 16.6. The van der Waals surface area contributed by atoms with Gasteiger partial charge in [-0.3, -0.25) is 9.59 Å². The van der Waals surface area contributed by atoms with Crippen molar-refractivity contribution in [2.45, 2.75) is 63.6 Å². The number of nitrogens with two attached hydrogens (primary N) is 4. The van der Waals surface area contributed by atoms with E-state index in [1.807, 2.05) is 6.92 Å². The summed E-state index contributed by atoms with van der Waals surface area (Å²) in [6.45, 7) is 1.77. The lowest BCUT2D eigenvalue weighted by atomic mass is 10.1. The van der Waals surface area contributed by atoms with Crippen molar-refractivity contribution < 1.29 is 28.7 Å². The summed E-state index contributed by atoms with van der Waals surface area (Å²) in [6, 6.07) is -2.28. The van der Waals surface area contributed by atoms with E-state index in [2.05, 4.69) is 9.47 Å². The zero-order valence-corrected chi connectivity index (χ0v) is 14.4. The van der Waals surface area contributed by atoms with Gasteiger partial charge in [0.1, 0.15) is 12.1 Å². The normalized spacial score (nSPS) is 14.3. The van der Waals surface area contributed by atoms with Crippen LogP contribution in [0.15, 0.2) is 0 Å². The fourth-order valence-electron chi connectivity index (χ4n) is 1.68. The number of esters is 4. The Hall–Kier alpha value is -1.88. The van der Waals surface area contributed by atoms with Gasteiger partial charge in [-0.25, -0.2) is 9.59 Å². The monoisotopic (exact) mass is 360 g/mol. The van der Waals surface area contributed by atoms with Gasteiger partial charge >= 0.3 is 23.9 Å². The Morgan fingerprint density at radius 2 is 1.36 bits per heavy atom. The lowest BCUT2D eigenvalue weighted by Crippen LogP contribution is -2.40. The third kappa shape index (κ3) is 10.6. The summed E-state index contributed by atoms with van der Waals surface area (Å²) in [6.07, 6.45) is 1.56. The van der Waals surface area contributed by atoms with Gasteiger partial charge in [0, 0.05) is 25.4 Å². The van der Waals surface area contributed by atoms with E-state index in [0.717, 1.165) is 6.42 Å². The molecule has 0 amide bonds. The molecule has 10 heteroatoms. The van der Waals surface area contributed by atoms with Gasteiger partial charge in [-0.1, -0.05) is 6.92 Å². The van der Waals surface area contributed by atoms with Crippen molar-refractivity contribution in [1.29, 1.82) is 0 Å². The summed E-state index contributed by atoms with van der Waals surface area (Å²) in [5.74, 6) is -3.49. The van der Waals surface area contributed by atoms with Crippen LogP contribution in [0.1, 0.15) is 45.4 Å². The summed E-state index contributed by atoms with van der Waals surface area (Å²) < 4.78 is 9.03. The molecule has 0 spiro atoms. The minimum Gasteiger partial charge on any atom is -0.392 e. The maximum Gasteiger partial charge on any atom is 0.331 e. The molecule has 0 fully saturated rings. The predicted octanol–water partition coefficient (Wildman–Crippen LogP) is -1.57. The van der Waals surface area contributed by atoms with Crippen molar-refractivity contribution >= 4 is 23.9 Å². The molecule has 2 unspecified atom stereocenters. The first-order valence-electron chi connectivity index (χ1n) is 8.17. The SMILES string of the molecule is CCC(N)CCCC(=O)OC(=O)[C@@H](N)CCC(=O)OC(=O)C(N)CN. The Morgan fingerprint density at radius 3 is 1.88 bits per heavy atom. The van der Waals surface area contributed by atoms with E-state index in [9.17, 15) is 19.2 Å². The average molecular weight is 360 g/mol. The van der Waals surface area contributed by atoms with Gasteiger partial charge in [0.2, 0.25) is 0 Å². The first-order valence-corrected chi connectivity index (χ1v) is 8.17. The Balaban J connectivity index is 4.07. The molecule has 0 saturated carbocycles. The highest BCUT2D eigenvalue weighted by molar-refractivity contribution is 5.90. The van der Waals surface area contributed by atoms with Gasteiger partial charge in [-0.15, -0.1) is 0 Å². The van der Waals surface area contributed by atoms with E-state index in [1.54, 1.807) is 0 Å². The van der Waals surface area contributed by atoms with Crippen LogP contribution in [0.4, 0.5) is 0 Å². The summed E-state index contributed by atoms with van der Waals surface area (Å²) in [7, 11) is 0. The summed E-state index contributed by atoms with van der Waals surface area (Å²) in [5.41, 5.74) is 21.7. The van der Waals surface area contributed by atoms with Crippen molar-refractivity contribution in [3.05, 3.63) is 0 Å². The third-order valence-corrected chi connectivity index (χ3v) is 3.43. The van der Waals surface area contributed by atoms with Gasteiger partial charge in [0.05, 0.1) is 0 Å². The highest BCUT2D eigenvalue weighted by Crippen LogP contribution is 2.05. The maximum atomic E-state index is 11.6. The van der Waals surface area contributed by atoms with E-state index in [0.29, 0.717) is 12.8 Å². The van der Waals surface area contributed by atoms with Crippen LogP contribution in [0.25, 0.3) is 0 Å². The van der Waals surface area contributed by atoms with Gasteiger partial charge in [0.25, 0.3) is 0 Å². The molecular formula is C15H28N4O6. The van der Waals surface area contributed by atoms with Crippen LogP contribution in [0, 0.1) is 0 Å². The fraction of sp³-hybridized carbons (Fsp3) is 0.733. The predicted molar refractivity (Wildman–Crippen MR) is 88.6 cm³/mol. The van der Waals surface area contributed by atoms with Gasteiger partial charge in [-0.05, 0) is 25.7 Å². The molecule has 0 rings (SSSR count). The molecule has 0 bridgehead atoms. The first kappa shape index (κ1) is 23.1. The standard InChI is InChI=1S/C15H28N4O6/c1-2-9(17)4-3-5-12(20)24-14(22)10(18)6-7-13(21)25-15(23)11(19)8-16/h9-11H,2-8,16-19H2,1H3/t9?,10-,11?/m0/s1. The number of hydrogen-bond acceptors (Lipinski definition) is 10. The van der Waals surface area contributed by atoms with Crippen molar-refractivity contribution in [1.82, 2.24) is 0 Å². The highest BCUT2D eigenvalue weighted by Gasteiger charge is 2.22. The number of hydrogen-bond donors (Lipinski definition) is 4. The lowest BCUT2D eigenvalue weighted by Gasteiger charge is -2.11. The number of carbonyl (C=O) groups excluding carboxylic acids is 4. The summed E-state index contributed by atoms with van der Waals surface area (Å²) in [5, 5.41) is 0. The quantitative estimate of drug-likeness (QED) is 0.247. The maximum absolute atomic E-state index is 11.6. The Kier molecular flexibility index (Phi) is 11.5. The van der Waals surface area contributed by atoms with Crippen molar-refractivity contribution in [3.63, 3.8) is 0 Å². The van der Waals surface area contributed by atoms with E-state index in [-0.39, 0.29) is 31.8 Å². The molecule has 144 valence electrons. The van der Waals surface area contributed by atoms with Crippen LogP contribution in [0.2, 0.25) is 0 Å². The van der Waals surface area contributed by atoms with Crippen molar-refractivity contribution in [3.8, 4) is 0 Å². The smallest absolute Gasteiger partial charge is 0.331 e. The average Bonchev–Trinajstić information content (AvgIpc) is 2.58. The van der Waals surface area contributed by atoms with Gasteiger partial charge < -0.3 is 32.4 Å². The molecule has 25 heavy (non-hydrogen) atoms. The minimum absolute atomic E-state index is 0.00636. The number of ether oxygens (including phenoxy) is 2. The van der Waals surface area contributed by atoms with Crippen LogP contribution in [0.3, 0.4) is 0 Å². The Bertz CT molecular complexity index is 471. The summed E-state index contributed by atoms with van der Waals surface area (Å²) >= 11 is 0. The molecule has 10 nitrogen and oxygen atoms in total. The minimum atomic E-state index is -1.19. The molecule has 3 atom stereocenters. The van der Waals surface area contributed by atoms with E-state index >= 15 is 0 Å². The zero-order chi connectivity index (χ0) is 19.4. The van der Waals surface area contributed by atoms with E-state index in [1.165, 1.54) is 0 Å². The molecule has 8 N–H and O–H groups in total. The second-order valence-electron chi connectivity index (χ2n) is 5.63.